The number of hydrogen-bond acceptors (Lipinski definition) is 2. The first-order chi connectivity index (χ1) is 8.43. The second kappa shape index (κ2) is 3.04. The van der Waals surface area contributed by atoms with Gasteiger partial charge in [-0.2, -0.15) is 0 Å². The van der Waals surface area contributed by atoms with E-state index >= 15 is 0 Å². The van der Waals surface area contributed by atoms with E-state index in [0.29, 0.717) is 0 Å². The Morgan fingerprint density at radius 3 is 2.82 bits per heavy atom. The summed E-state index contributed by atoms with van der Waals surface area (Å²) in [7, 11) is 0. The molecule has 17 heavy (non-hydrogen) atoms. The molecule has 3 nitrogen and oxygen atoms in total. The van der Waals surface area contributed by atoms with E-state index in [2.05, 4.69) is 39.2 Å². The highest BCUT2D eigenvalue weighted by molar-refractivity contribution is 6.15. The Bertz CT molecular complexity index is 846. The second-order valence-electron chi connectivity index (χ2n) is 4.12. The maximum atomic E-state index is 4.38. The summed E-state index contributed by atoms with van der Waals surface area (Å²) in [4.78, 5) is 11.7. The van der Waals surface area contributed by atoms with Crippen molar-refractivity contribution in [2.75, 3.05) is 0 Å². The van der Waals surface area contributed by atoms with Crippen LogP contribution in [0, 0.1) is 0 Å². The van der Waals surface area contributed by atoms with E-state index in [-0.39, 0.29) is 0 Å². The number of H-pyrrole nitrogens is 1. The molecule has 0 amide bonds. The molecule has 0 spiro atoms. The van der Waals surface area contributed by atoms with Crippen molar-refractivity contribution in [2.24, 2.45) is 0 Å². The first-order valence-electron chi connectivity index (χ1n) is 5.52. The van der Waals surface area contributed by atoms with Gasteiger partial charge >= 0.3 is 0 Å². The molecule has 0 saturated carbocycles. The van der Waals surface area contributed by atoms with E-state index in [1.165, 1.54) is 21.5 Å². The Balaban J connectivity index is 2.34. The van der Waals surface area contributed by atoms with E-state index in [4.69, 9.17) is 0 Å². The predicted molar refractivity (Wildman–Crippen MR) is 68.9 cm³/mol. The molecule has 3 heteroatoms. The highest BCUT2D eigenvalue weighted by Crippen LogP contribution is 2.28. The number of pyridine rings is 1. The van der Waals surface area contributed by atoms with Crippen LogP contribution >= 0.6 is 0 Å². The monoisotopic (exact) mass is 219 g/mol. The standard InChI is InChI=1S/C14H9N3/c1-2-11-10(12-7-15-6-5-9(1)12)3-4-13-14(11)17-8-16-13/h1-8H,(H,16,17). The van der Waals surface area contributed by atoms with Crippen LogP contribution in [0.2, 0.25) is 0 Å². The fourth-order valence-corrected chi connectivity index (χ4v) is 2.38. The lowest BCUT2D eigenvalue weighted by molar-refractivity contribution is 1.35. The van der Waals surface area contributed by atoms with Crippen molar-refractivity contribution in [2.45, 2.75) is 0 Å². The van der Waals surface area contributed by atoms with Gasteiger partial charge in [0.15, 0.2) is 0 Å². The third-order valence-electron chi connectivity index (χ3n) is 3.21. The Morgan fingerprint density at radius 2 is 1.82 bits per heavy atom. The van der Waals surface area contributed by atoms with Crippen molar-refractivity contribution in [3.05, 3.63) is 49.1 Å². The smallest absolute Gasteiger partial charge is 0.0961 e. The predicted octanol–water partition coefficient (Wildman–Crippen LogP) is 3.26. The van der Waals surface area contributed by atoms with Crippen LogP contribution in [-0.2, 0) is 0 Å². The summed E-state index contributed by atoms with van der Waals surface area (Å²) in [5.41, 5.74) is 2.09. The van der Waals surface area contributed by atoms with Gasteiger partial charge in [-0.1, -0.05) is 18.2 Å². The number of imidazole rings is 1. The van der Waals surface area contributed by atoms with E-state index in [1.807, 2.05) is 18.5 Å². The summed E-state index contributed by atoms with van der Waals surface area (Å²) >= 11 is 0. The summed E-state index contributed by atoms with van der Waals surface area (Å²) in [6.45, 7) is 0. The third-order valence-corrected chi connectivity index (χ3v) is 3.21. The first-order valence-corrected chi connectivity index (χ1v) is 5.52. The van der Waals surface area contributed by atoms with E-state index in [0.717, 1.165) is 11.0 Å². The maximum Gasteiger partial charge on any atom is 0.0961 e. The molecule has 0 fully saturated rings. The van der Waals surface area contributed by atoms with Crippen LogP contribution in [0.3, 0.4) is 0 Å². The fraction of sp³-hybridized carbons (Fsp3) is 0. The number of rotatable bonds is 0. The van der Waals surface area contributed by atoms with Gasteiger partial charge in [-0.15, -0.1) is 0 Å². The average molecular weight is 219 g/mol. The fourth-order valence-electron chi connectivity index (χ4n) is 2.38. The normalized spacial score (nSPS) is 11.5. The van der Waals surface area contributed by atoms with Gasteiger partial charge in [0, 0.05) is 23.2 Å². The molecule has 2 heterocycles. The zero-order chi connectivity index (χ0) is 11.2. The zero-order valence-electron chi connectivity index (χ0n) is 9.01. The molecule has 0 aliphatic heterocycles. The van der Waals surface area contributed by atoms with Crippen molar-refractivity contribution in [1.82, 2.24) is 15.0 Å². The Hall–Kier alpha value is -2.42. The van der Waals surface area contributed by atoms with Gasteiger partial charge in [0.2, 0.25) is 0 Å². The van der Waals surface area contributed by atoms with E-state index in [1.54, 1.807) is 6.33 Å². The third kappa shape index (κ3) is 1.11. The van der Waals surface area contributed by atoms with Crippen molar-refractivity contribution in [3.8, 4) is 0 Å². The molecule has 0 aliphatic rings. The molecule has 1 N–H and O–H groups in total. The Morgan fingerprint density at radius 1 is 0.882 bits per heavy atom. The SMILES string of the molecule is c1cc2ccc3c(ccc4[nH]cnc43)c2cn1. The maximum absolute atomic E-state index is 4.38. The van der Waals surface area contributed by atoms with Crippen LogP contribution in [0.25, 0.3) is 32.6 Å². The van der Waals surface area contributed by atoms with Crippen LogP contribution in [0.15, 0.2) is 49.1 Å². The van der Waals surface area contributed by atoms with Crippen LogP contribution in [0.4, 0.5) is 0 Å². The molecule has 0 unspecified atom stereocenters. The summed E-state index contributed by atoms with van der Waals surface area (Å²) in [6, 6.07) is 10.5. The van der Waals surface area contributed by atoms with Crippen LogP contribution in [-0.4, -0.2) is 15.0 Å². The van der Waals surface area contributed by atoms with E-state index < -0.39 is 0 Å². The Labute approximate surface area is 97.1 Å². The number of aromatic nitrogens is 3. The molecule has 0 bridgehead atoms. The van der Waals surface area contributed by atoms with Crippen LogP contribution < -0.4 is 0 Å². The number of hydrogen-bond donors (Lipinski definition) is 1. The topological polar surface area (TPSA) is 41.6 Å². The summed E-state index contributed by atoms with van der Waals surface area (Å²) in [5, 5.41) is 4.76. The molecular weight excluding hydrogens is 210 g/mol. The lowest BCUT2D eigenvalue weighted by Gasteiger charge is -2.03. The molecule has 4 aromatic rings. The Kier molecular flexibility index (Phi) is 1.56. The minimum atomic E-state index is 1.02. The minimum absolute atomic E-state index is 1.02. The van der Waals surface area contributed by atoms with Gasteiger partial charge < -0.3 is 4.98 Å². The van der Waals surface area contributed by atoms with Gasteiger partial charge in [0.1, 0.15) is 0 Å². The summed E-state index contributed by atoms with van der Waals surface area (Å²) in [6.07, 6.45) is 5.47. The molecule has 0 saturated heterocycles. The van der Waals surface area contributed by atoms with Gasteiger partial charge in [0.05, 0.1) is 17.4 Å². The number of benzene rings is 2. The van der Waals surface area contributed by atoms with Crippen molar-refractivity contribution in [1.29, 1.82) is 0 Å². The largest absolute Gasteiger partial charge is 0.345 e. The number of nitrogens with one attached hydrogen (secondary N) is 1. The molecule has 0 atom stereocenters. The molecule has 2 aromatic heterocycles. The van der Waals surface area contributed by atoms with Crippen molar-refractivity contribution >= 4 is 32.6 Å². The number of nitrogens with zero attached hydrogens (tertiary/aromatic N) is 2. The molecule has 0 radical (unpaired) electrons. The highest BCUT2D eigenvalue weighted by Gasteiger charge is 2.05. The van der Waals surface area contributed by atoms with Gasteiger partial charge in [-0.3, -0.25) is 4.98 Å². The number of aromatic amines is 1. The average Bonchev–Trinajstić information content (AvgIpc) is 2.86. The van der Waals surface area contributed by atoms with Gasteiger partial charge in [0.25, 0.3) is 0 Å². The zero-order valence-corrected chi connectivity index (χ0v) is 9.01. The highest BCUT2D eigenvalue weighted by atomic mass is 14.9. The first kappa shape index (κ1) is 8.70. The van der Waals surface area contributed by atoms with Crippen LogP contribution in [0.5, 0.6) is 0 Å². The van der Waals surface area contributed by atoms with Crippen molar-refractivity contribution in [3.63, 3.8) is 0 Å². The molecule has 0 aliphatic carbocycles. The molecule has 2 aromatic carbocycles. The van der Waals surface area contributed by atoms with E-state index in [9.17, 15) is 0 Å². The summed E-state index contributed by atoms with van der Waals surface area (Å²) in [5.74, 6) is 0. The summed E-state index contributed by atoms with van der Waals surface area (Å²) < 4.78 is 0. The molecule has 80 valence electrons. The molecular formula is C14H9N3. The number of fused-ring (bicyclic) bond motifs is 5. The van der Waals surface area contributed by atoms with Gasteiger partial charge in [-0.25, -0.2) is 4.98 Å². The van der Waals surface area contributed by atoms with Crippen molar-refractivity contribution < 1.29 is 0 Å². The second-order valence-corrected chi connectivity index (χ2v) is 4.12. The van der Waals surface area contributed by atoms with Crippen LogP contribution in [0.1, 0.15) is 0 Å². The minimum Gasteiger partial charge on any atom is -0.345 e. The van der Waals surface area contributed by atoms with Gasteiger partial charge in [-0.05, 0) is 22.9 Å². The molecule has 4 rings (SSSR count). The lowest BCUT2D eigenvalue weighted by Crippen LogP contribution is -1.80. The quantitative estimate of drug-likeness (QED) is 0.461. The lowest BCUT2D eigenvalue weighted by atomic mass is 10.0.